The molecule has 0 saturated carbocycles. The summed E-state index contributed by atoms with van der Waals surface area (Å²) in [6.07, 6.45) is 0. The SMILES string of the molecule is C[C@H](NCCN1CCN(C)CC1)c1cccs1. The van der Waals surface area contributed by atoms with Gasteiger partial charge >= 0.3 is 0 Å². The molecule has 1 aliphatic rings. The second-order valence-corrected chi connectivity index (χ2v) is 5.82. The van der Waals surface area contributed by atoms with Gasteiger partial charge in [0.15, 0.2) is 0 Å². The van der Waals surface area contributed by atoms with Crippen LogP contribution in [-0.2, 0) is 0 Å². The minimum Gasteiger partial charge on any atom is -0.308 e. The molecule has 1 fully saturated rings. The molecule has 2 rings (SSSR count). The summed E-state index contributed by atoms with van der Waals surface area (Å²) in [6.45, 7) is 9.35. The van der Waals surface area contributed by atoms with Gasteiger partial charge < -0.3 is 10.2 Å². The largest absolute Gasteiger partial charge is 0.308 e. The number of thiophene rings is 1. The van der Waals surface area contributed by atoms with E-state index in [1.807, 2.05) is 11.3 Å². The summed E-state index contributed by atoms with van der Waals surface area (Å²) >= 11 is 1.83. The van der Waals surface area contributed by atoms with Gasteiger partial charge in [0.1, 0.15) is 0 Å². The lowest BCUT2D eigenvalue weighted by Gasteiger charge is -2.32. The summed E-state index contributed by atoms with van der Waals surface area (Å²) in [5, 5.41) is 5.75. The topological polar surface area (TPSA) is 18.5 Å². The van der Waals surface area contributed by atoms with Crippen molar-refractivity contribution < 1.29 is 0 Å². The van der Waals surface area contributed by atoms with E-state index in [4.69, 9.17) is 0 Å². The van der Waals surface area contributed by atoms with E-state index in [2.05, 4.69) is 46.6 Å². The van der Waals surface area contributed by atoms with Crippen LogP contribution in [0, 0.1) is 0 Å². The van der Waals surface area contributed by atoms with Gasteiger partial charge in [0.05, 0.1) is 0 Å². The summed E-state index contributed by atoms with van der Waals surface area (Å²) in [7, 11) is 2.20. The zero-order valence-corrected chi connectivity index (χ0v) is 11.7. The summed E-state index contributed by atoms with van der Waals surface area (Å²) < 4.78 is 0. The Balaban J connectivity index is 1.63. The van der Waals surface area contributed by atoms with Crippen LogP contribution in [0.3, 0.4) is 0 Å². The summed E-state index contributed by atoms with van der Waals surface area (Å²) in [5.74, 6) is 0. The molecule has 17 heavy (non-hydrogen) atoms. The molecule has 1 saturated heterocycles. The minimum atomic E-state index is 0.488. The molecule has 96 valence electrons. The highest BCUT2D eigenvalue weighted by Gasteiger charge is 2.13. The quantitative estimate of drug-likeness (QED) is 0.861. The highest BCUT2D eigenvalue weighted by atomic mass is 32.1. The average molecular weight is 253 g/mol. The van der Waals surface area contributed by atoms with E-state index in [9.17, 15) is 0 Å². The van der Waals surface area contributed by atoms with Gasteiger partial charge in [0.2, 0.25) is 0 Å². The molecular formula is C13H23N3S. The van der Waals surface area contributed by atoms with Gasteiger partial charge in [-0.15, -0.1) is 11.3 Å². The molecule has 0 radical (unpaired) electrons. The molecule has 0 unspecified atom stereocenters. The smallest absolute Gasteiger partial charge is 0.0386 e. The predicted molar refractivity (Wildman–Crippen MR) is 74.7 cm³/mol. The monoisotopic (exact) mass is 253 g/mol. The summed E-state index contributed by atoms with van der Waals surface area (Å²) in [5.41, 5.74) is 0. The predicted octanol–water partition coefficient (Wildman–Crippen LogP) is 1.65. The number of nitrogens with one attached hydrogen (secondary N) is 1. The zero-order chi connectivity index (χ0) is 12.1. The third-order valence-electron chi connectivity index (χ3n) is 3.44. The van der Waals surface area contributed by atoms with Crippen LogP contribution in [0.4, 0.5) is 0 Å². The molecular weight excluding hydrogens is 230 g/mol. The Hall–Kier alpha value is -0.420. The zero-order valence-electron chi connectivity index (χ0n) is 10.9. The molecule has 0 spiro atoms. The molecule has 4 heteroatoms. The number of nitrogens with zero attached hydrogens (tertiary/aromatic N) is 2. The molecule has 0 aliphatic carbocycles. The molecule has 1 aliphatic heterocycles. The fraction of sp³-hybridized carbons (Fsp3) is 0.692. The van der Waals surface area contributed by atoms with Crippen LogP contribution in [0.5, 0.6) is 0 Å². The van der Waals surface area contributed by atoms with E-state index in [1.165, 1.54) is 37.6 Å². The van der Waals surface area contributed by atoms with Crippen molar-refractivity contribution in [3.63, 3.8) is 0 Å². The van der Waals surface area contributed by atoms with Crippen molar-refractivity contribution in [1.82, 2.24) is 15.1 Å². The van der Waals surface area contributed by atoms with E-state index < -0.39 is 0 Å². The number of likely N-dealkylation sites (N-methyl/N-ethyl adjacent to an activating group) is 1. The van der Waals surface area contributed by atoms with Gasteiger partial charge in [-0.25, -0.2) is 0 Å². The maximum Gasteiger partial charge on any atom is 0.0386 e. The van der Waals surface area contributed by atoms with Gasteiger partial charge in [0, 0.05) is 50.2 Å². The van der Waals surface area contributed by atoms with E-state index in [0.29, 0.717) is 6.04 Å². The fourth-order valence-electron chi connectivity index (χ4n) is 2.15. The second kappa shape index (κ2) is 6.50. The van der Waals surface area contributed by atoms with E-state index in [0.717, 1.165) is 6.54 Å². The van der Waals surface area contributed by atoms with Crippen LogP contribution in [0.25, 0.3) is 0 Å². The number of hydrogen-bond acceptors (Lipinski definition) is 4. The molecule has 0 aromatic carbocycles. The fourth-order valence-corrected chi connectivity index (χ4v) is 2.91. The van der Waals surface area contributed by atoms with Crippen molar-refractivity contribution in [3.05, 3.63) is 22.4 Å². The molecule has 1 aromatic heterocycles. The van der Waals surface area contributed by atoms with Gasteiger partial charge in [-0.3, -0.25) is 4.90 Å². The van der Waals surface area contributed by atoms with E-state index in [-0.39, 0.29) is 0 Å². The van der Waals surface area contributed by atoms with Crippen LogP contribution in [0.1, 0.15) is 17.8 Å². The standard InChI is InChI=1S/C13H23N3S/c1-12(13-4-3-11-17-13)14-5-6-16-9-7-15(2)8-10-16/h3-4,11-12,14H,5-10H2,1-2H3/t12-/m0/s1. The Bertz CT molecular complexity index is 304. The Morgan fingerprint density at radius 3 is 2.76 bits per heavy atom. The molecule has 1 aromatic rings. The van der Waals surface area contributed by atoms with Crippen molar-refractivity contribution in [3.8, 4) is 0 Å². The Kier molecular flexibility index (Phi) is 4.98. The Morgan fingerprint density at radius 1 is 1.35 bits per heavy atom. The third kappa shape index (κ3) is 4.07. The molecule has 0 amide bonds. The van der Waals surface area contributed by atoms with Crippen LogP contribution >= 0.6 is 11.3 Å². The lowest BCUT2D eigenvalue weighted by Crippen LogP contribution is -2.46. The van der Waals surface area contributed by atoms with Crippen molar-refractivity contribution >= 4 is 11.3 Å². The van der Waals surface area contributed by atoms with Gasteiger partial charge in [-0.1, -0.05) is 6.07 Å². The first-order chi connectivity index (χ1) is 8.25. The molecule has 1 atom stereocenters. The highest BCUT2D eigenvalue weighted by Crippen LogP contribution is 2.17. The highest BCUT2D eigenvalue weighted by molar-refractivity contribution is 7.10. The Labute approximate surface area is 108 Å². The third-order valence-corrected chi connectivity index (χ3v) is 4.50. The van der Waals surface area contributed by atoms with Gasteiger partial charge in [0.25, 0.3) is 0 Å². The first kappa shape index (κ1) is 13.0. The van der Waals surface area contributed by atoms with Gasteiger partial charge in [-0.05, 0) is 25.4 Å². The average Bonchev–Trinajstić information content (AvgIpc) is 2.85. The molecule has 3 nitrogen and oxygen atoms in total. The number of piperazine rings is 1. The second-order valence-electron chi connectivity index (χ2n) is 4.84. The van der Waals surface area contributed by atoms with E-state index in [1.54, 1.807) is 0 Å². The lowest BCUT2D eigenvalue weighted by atomic mass is 10.2. The van der Waals surface area contributed by atoms with Crippen LogP contribution < -0.4 is 5.32 Å². The summed E-state index contributed by atoms with van der Waals surface area (Å²) in [6, 6.07) is 4.82. The number of rotatable bonds is 5. The first-order valence-corrected chi connectivity index (χ1v) is 7.31. The van der Waals surface area contributed by atoms with Crippen LogP contribution in [-0.4, -0.2) is 56.1 Å². The van der Waals surface area contributed by atoms with Crippen molar-refractivity contribution in [1.29, 1.82) is 0 Å². The minimum absolute atomic E-state index is 0.488. The lowest BCUT2D eigenvalue weighted by molar-refractivity contribution is 0.154. The maximum atomic E-state index is 3.60. The van der Waals surface area contributed by atoms with Crippen LogP contribution in [0.15, 0.2) is 17.5 Å². The van der Waals surface area contributed by atoms with Crippen molar-refractivity contribution in [2.45, 2.75) is 13.0 Å². The van der Waals surface area contributed by atoms with Crippen LogP contribution in [0.2, 0.25) is 0 Å². The van der Waals surface area contributed by atoms with Crippen molar-refractivity contribution in [2.75, 3.05) is 46.3 Å². The normalized spacial score (nSPS) is 20.6. The van der Waals surface area contributed by atoms with E-state index >= 15 is 0 Å². The van der Waals surface area contributed by atoms with Gasteiger partial charge in [-0.2, -0.15) is 0 Å². The molecule has 2 heterocycles. The first-order valence-electron chi connectivity index (χ1n) is 6.43. The summed E-state index contributed by atoms with van der Waals surface area (Å²) in [4.78, 5) is 6.38. The molecule has 1 N–H and O–H groups in total. The van der Waals surface area contributed by atoms with Crippen molar-refractivity contribution in [2.24, 2.45) is 0 Å². The number of hydrogen-bond donors (Lipinski definition) is 1. The maximum absolute atomic E-state index is 3.60. The molecule has 0 bridgehead atoms. The Morgan fingerprint density at radius 2 is 2.12 bits per heavy atom.